The van der Waals surface area contributed by atoms with Crippen molar-refractivity contribution in [1.82, 2.24) is 10.3 Å². The van der Waals surface area contributed by atoms with Gasteiger partial charge in [-0.2, -0.15) is 0 Å². The molecule has 0 radical (unpaired) electrons. The molecular formula is C11H16N2O2. The van der Waals surface area contributed by atoms with E-state index in [1.807, 2.05) is 26.0 Å². The van der Waals surface area contributed by atoms with Gasteiger partial charge in [0.05, 0.1) is 6.61 Å². The van der Waals surface area contributed by atoms with Crippen molar-refractivity contribution in [2.75, 3.05) is 13.2 Å². The number of hydrogen-bond donors (Lipinski definition) is 2. The molecule has 0 unspecified atom stereocenters. The van der Waals surface area contributed by atoms with Crippen molar-refractivity contribution in [3.05, 3.63) is 29.6 Å². The van der Waals surface area contributed by atoms with E-state index in [0.717, 1.165) is 5.56 Å². The molecule has 1 aromatic rings. The molecule has 0 atom stereocenters. The van der Waals surface area contributed by atoms with Crippen LogP contribution in [0.25, 0.3) is 0 Å². The van der Waals surface area contributed by atoms with Crippen molar-refractivity contribution in [1.29, 1.82) is 0 Å². The van der Waals surface area contributed by atoms with Gasteiger partial charge in [-0.05, 0) is 17.5 Å². The number of rotatable bonds is 4. The van der Waals surface area contributed by atoms with E-state index in [0.29, 0.717) is 5.69 Å². The topological polar surface area (TPSA) is 62.2 Å². The van der Waals surface area contributed by atoms with Gasteiger partial charge in [0.2, 0.25) is 0 Å². The SMILES string of the molecule is CC(C)c1cccnc1C(=O)NCCO. The van der Waals surface area contributed by atoms with Crippen molar-refractivity contribution in [2.24, 2.45) is 0 Å². The first-order valence-electron chi connectivity index (χ1n) is 5.00. The smallest absolute Gasteiger partial charge is 0.270 e. The zero-order valence-electron chi connectivity index (χ0n) is 9.03. The Morgan fingerprint density at radius 2 is 2.33 bits per heavy atom. The maximum absolute atomic E-state index is 11.6. The summed E-state index contributed by atoms with van der Waals surface area (Å²) in [6, 6.07) is 3.71. The lowest BCUT2D eigenvalue weighted by atomic mass is 10.0. The van der Waals surface area contributed by atoms with Gasteiger partial charge >= 0.3 is 0 Å². The average Bonchev–Trinajstić information content (AvgIpc) is 2.25. The van der Waals surface area contributed by atoms with Gasteiger partial charge in [-0.1, -0.05) is 19.9 Å². The molecule has 1 heterocycles. The largest absolute Gasteiger partial charge is 0.395 e. The quantitative estimate of drug-likeness (QED) is 0.773. The Labute approximate surface area is 89.3 Å². The molecule has 1 aromatic heterocycles. The fraction of sp³-hybridized carbons (Fsp3) is 0.455. The van der Waals surface area contributed by atoms with Crippen LogP contribution in [0.4, 0.5) is 0 Å². The van der Waals surface area contributed by atoms with Crippen LogP contribution in [-0.2, 0) is 0 Å². The molecule has 0 aromatic carbocycles. The van der Waals surface area contributed by atoms with E-state index in [1.54, 1.807) is 6.20 Å². The Bertz CT molecular complexity index is 337. The van der Waals surface area contributed by atoms with Crippen LogP contribution in [0.5, 0.6) is 0 Å². The number of amides is 1. The van der Waals surface area contributed by atoms with Crippen molar-refractivity contribution in [3.63, 3.8) is 0 Å². The molecule has 0 aliphatic carbocycles. The summed E-state index contributed by atoms with van der Waals surface area (Å²) < 4.78 is 0. The van der Waals surface area contributed by atoms with Crippen LogP contribution >= 0.6 is 0 Å². The summed E-state index contributed by atoms with van der Waals surface area (Å²) in [6.07, 6.45) is 1.60. The van der Waals surface area contributed by atoms with Gasteiger partial charge in [0.25, 0.3) is 5.91 Å². The molecule has 0 bridgehead atoms. The van der Waals surface area contributed by atoms with Crippen LogP contribution < -0.4 is 5.32 Å². The molecule has 0 aliphatic heterocycles. The van der Waals surface area contributed by atoms with E-state index in [2.05, 4.69) is 10.3 Å². The number of aromatic nitrogens is 1. The second-order valence-electron chi connectivity index (χ2n) is 3.58. The van der Waals surface area contributed by atoms with Crippen molar-refractivity contribution < 1.29 is 9.90 Å². The van der Waals surface area contributed by atoms with Crippen LogP contribution in [0.2, 0.25) is 0 Å². The average molecular weight is 208 g/mol. The molecular weight excluding hydrogens is 192 g/mol. The van der Waals surface area contributed by atoms with Crippen LogP contribution in [0.15, 0.2) is 18.3 Å². The number of hydrogen-bond acceptors (Lipinski definition) is 3. The molecule has 82 valence electrons. The highest BCUT2D eigenvalue weighted by Crippen LogP contribution is 2.16. The van der Waals surface area contributed by atoms with Gasteiger partial charge in [-0.25, -0.2) is 0 Å². The Hall–Kier alpha value is -1.42. The van der Waals surface area contributed by atoms with E-state index in [9.17, 15) is 4.79 Å². The first kappa shape index (κ1) is 11.7. The lowest BCUT2D eigenvalue weighted by Crippen LogP contribution is -2.28. The Kier molecular flexibility index (Phi) is 4.24. The molecule has 15 heavy (non-hydrogen) atoms. The minimum Gasteiger partial charge on any atom is -0.395 e. The molecule has 0 saturated heterocycles. The minimum atomic E-state index is -0.228. The third-order valence-corrected chi connectivity index (χ3v) is 2.07. The number of pyridine rings is 1. The molecule has 0 saturated carbocycles. The van der Waals surface area contributed by atoms with Crippen molar-refractivity contribution in [3.8, 4) is 0 Å². The van der Waals surface area contributed by atoms with E-state index in [4.69, 9.17) is 5.11 Å². The molecule has 2 N–H and O–H groups in total. The second kappa shape index (κ2) is 5.46. The summed E-state index contributed by atoms with van der Waals surface area (Å²) in [7, 11) is 0. The van der Waals surface area contributed by atoms with E-state index in [-0.39, 0.29) is 25.0 Å². The summed E-state index contributed by atoms with van der Waals surface area (Å²) >= 11 is 0. The Morgan fingerprint density at radius 1 is 1.60 bits per heavy atom. The van der Waals surface area contributed by atoms with Crippen molar-refractivity contribution in [2.45, 2.75) is 19.8 Å². The van der Waals surface area contributed by atoms with Gasteiger partial charge in [0.15, 0.2) is 0 Å². The highest BCUT2D eigenvalue weighted by atomic mass is 16.3. The Morgan fingerprint density at radius 3 is 2.93 bits per heavy atom. The van der Waals surface area contributed by atoms with Gasteiger partial charge < -0.3 is 10.4 Å². The zero-order valence-corrected chi connectivity index (χ0v) is 9.03. The standard InChI is InChI=1S/C11H16N2O2/c1-8(2)9-4-3-5-12-10(9)11(15)13-6-7-14/h3-5,8,14H,6-7H2,1-2H3,(H,13,15). The first-order valence-corrected chi connectivity index (χ1v) is 5.00. The van der Waals surface area contributed by atoms with Gasteiger partial charge in [-0.3, -0.25) is 9.78 Å². The van der Waals surface area contributed by atoms with Crippen LogP contribution in [0.1, 0.15) is 35.8 Å². The monoisotopic (exact) mass is 208 g/mol. The third-order valence-electron chi connectivity index (χ3n) is 2.07. The fourth-order valence-electron chi connectivity index (χ4n) is 1.33. The number of carbonyl (C=O) groups excluding carboxylic acids is 1. The minimum absolute atomic E-state index is 0.0599. The van der Waals surface area contributed by atoms with Gasteiger partial charge in [0.1, 0.15) is 5.69 Å². The van der Waals surface area contributed by atoms with E-state index >= 15 is 0 Å². The summed E-state index contributed by atoms with van der Waals surface area (Å²) in [4.78, 5) is 15.7. The molecule has 4 nitrogen and oxygen atoms in total. The Balaban J connectivity index is 2.87. The summed E-state index contributed by atoms with van der Waals surface area (Å²) in [5, 5.41) is 11.2. The molecule has 0 fully saturated rings. The molecule has 4 heteroatoms. The fourth-order valence-corrected chi connectivity index (χ4v) is 1.33. The zero-order chi connectivity index (χ0) is 11.3. The number of nitrogens with one attached hydrogen (secondary N) is 1. The lowest BCUT2D eigenvalue weighted by molar-refractivity contribution is 0.0938. The number of nitrogens with zero attached hydrogens (tertiary/aromatic N) is 1. The predicted molar refractivity (Wildman–Crippen MR) is 57.7 cm³/mol. The predicted octanol–water partition coefficient (Wildman–Crippen LogP) is 0.927. The lowest BCUT2D eigenvalue weighted by Gasteiger charge is -2.10. The van der Waals surface area contributed by atoms with Crippen molar-refractivity contribution >= 4 is 5.91 Å². The van der Waals surface area contributed by atoms with Gasteiger partial charge in [-0.15, -0.1) is 0 Å². The van der Waals surface area contributed by atoms with E-state index < -0.39 is 0 Å². The first-order chi connectivity index (χ1) is 7.16. The summed E-state index contributed by atoms with van der Waals surface area (Å²) in [5.41, 5.74) is 1.37. The molecule has 1 rings (SSSR count). The normalized spacial score (nSPS) is 10.4. The maximum atomic E-state index is 11.6. The number of aliphatic hydroxyl groups excluding tert-OH is 1. The van der Waals surface area contributed by atoms with Crippen LogP contribution in [0.3, 0.4) is 0 Å². The van der Waals surface area contributed by atoms with E-state index in [1.165, 1.54) is 0 Å². The maximum Gasteiger partial charge on any atom is 0.270 e. The van der Waals surface area contributed by atoms with Gasteiger partial charge in [0, 0.05) is 12.7 Å². The number of carbonyl (C=O) groups is 1. The molecule has 0 spiro atoms. The third kappa shape index (κ3) is 3.02. The molecule has 0 aliphatic rings. The summed E-state index contributed by atoms with van der Waals surface area (Å²) in [5.74, 6) is 0.0296. The highest BCUT2D eigenvalue weighted by Gasteiger charge is 2.13. The molecule has 1 amide bonds. The number of aliphatic hydroxyl groups is 1. The van der Waals surface area contributed by atoms with Crippen LogP contribution in [-0.4, -0.2) is 29.1 Å². The van der Waals surface area contributed by atoms with Crippen LogP contribution in [0, 0.1) is 0 Å². The highest BCUT2D eigenvalue weighted by molar-refractivity contribution is 5.93. The second-order valence-corrected chi connectivity index (χ2v) is 3.58. The summed E-state index contributed by atoms with van der Waals surface area (Å²) in [6.45, 7) is 4.22.